The first-order valence-electron chi connectivity index (χ1n) is 7.03. The van der Waals surface area contributed by atoms with Gasteiger partial charge in [-0.1, -0.05) is 29.3 Å². The Bertz CT molecular complexity index is 722. The number of rotatable bonds is 5. The van der Waals surface area contributed by atoms with E-state index in [9.17, 15) is 4.79 Å². The lowest BCUT2D eigenvalue weighted by Gasteiger charge is -2.22. The third-order valence-corrected chi connectivity index (χ3v) is 4.73. The topological polar surface area (TPSA) is 29.5 Å². The Morgan fingerprint density at radius 2 is 1.96 bits per heavy atom. The van der Waals surface area contributed by atoms with E-state index in [4.69, 9.17) is 27.9 Å². The lowest BCUT2D eigenvalue weighted by molar-refractivity contribution is 0.0751. The molecule has 0 aliphatic rings. The molecular weight excluding hydrogens is 401 g/mol. The minimum absolute atomic E-state index is 0.0932. The third-order valence-electron chi connectivity index (χ3n) is 3.45. The van der Waals surface area contributed by atoms with E-state index in [1.165, 1.54) is 0 Å². The van der Waals surface area contributed by atoms with Crippen LogP contribution in [0.25, 0.3) is 0 Å². The molecule has 0 atom stereocenters. The van der Waals surface area contributed by atoms with Gasteiger partial charge < -0.3 is 9.64 Å². The predicted octanol–water partition coefficient (Wildman–Crippen LogP) is 5.43. The number of carbonyl (C=O) groups excluding carboxylic acids is 1. The first-order valence-corrected chi connectivity index (χ1v) is 8.58. The number of nitrogens with zero attached hydrogens (tertiary/aromatic N) is 1. The van der Waals surface area contributed by atoms with Gasteiger partial charge in [0.2, 0.25) is 0 Å². The van der Waals surface area contributed by atoms with Crippen molar-refractivity contribution in [2.24, 2.45) is 0 Å². The summed E-state index contributed by atoms with van der Waals surface area (Å²) in [4.78, 5) is 14.5. The van der Waals surface area contributed by atoms with E-state index < -0.39 is 0 Å². The van der Waals surface area contributed by atoms with E-state index in [0.717, 1.165) is 10.0 Å². The molecular formula is C17H16BrCl2NO2. The molecule has 122 valence electrons. The highest BCUT2D eigenvalue weighted by atomic mass is 79.9. The second-order valence-corrected chi connectivity index (χ2v) is 6.60. The number of halogens is 3. The molecule has 0 bridgehead atoms. The maximum absolute atomic E-state index is 12.8. The van der Waals surface area contributed by atoms with Crippen LogP contribution in [-0.4, -0.2) is 24.5 Å². The van der Waals surface area contributed by atoms with E-state index in [-0.39, 0.29) is 5.91 Å². The average Bonchev–Trinajstić information content (AvgIpc) is 2.54. The Labute approximate surface area is 154 Å². The van der Waals surface area contributed by atoms with E-state index in [1.807, 2.05) is 13.0 Å². The van der Waals surface area contributed by atoms with Crippen LogP contribution in [0.15, 0.2) is 40.9 Å². The maximum atomic E-state index is 12.8. The van der Waals surface area contributed by atoms with E-state index in [0.29, 0.717) is 34.4 Å². The second kappa shape index (κ2) is 8.04. The molecule has 0 unspecified atom stereocenters. The van der Waals surface area contributed by atoms with Crippen LogP contribution in [0.5, 0.6) is 5.75 Å². The summed E-state index contributed by atoms with van der Waals surface area (Å²) in [5.74, 6) is 0.543. The molecule has 1 amide bonds. The van der Waals surface area contributed by atoms with Crippen molar-refractivity contribution < 1.29 is 9.53 Å². The molecule has 0 saturated carbocycles. The fourth-order valence-corrected chi connectivity index (χ4v) is 3.03. The summed E-state index contributed by atoms with van der Waals surface area (Å²) >= 11 is 15.5. The third kappa shape index (κ3) is 4.40. The van der Waals surface area contributed by atoms with E-state index >= 15 is 0 Å². The van der Waals surface area contributed by atoms with E-state index in [2.05, 4.69) is 15.9 Å². The van der Waals surface area contributed by atoms with Gasteiger partial charge in [0, 0.05) is 27.6 Å². The zero-order valence-electron chi connectivity index (χ0n) is 12.8. The summed E-state index contributed by atoms with van der Waals surface area (Å²) in [6.07, 6.45) is 0. The largest absolute Gasteiger partial charge is 0.497 e. The number of carbonyl (C=O) groups is 1. The van der Waals surface area contributed by atoms with Crippen LogP contribution in [0.3, 0.4) is 0 Å². The Morgan fingerprint density at radius 1 is 1.22 bits per heavy atom. The van der Waals surface area contributed by atoms with Gasteiger partial charge >= 0.3 is 0 Å². The number of benzene rings is 2. The van der Waals surface area contributed by atoms with Crippen molar-refractivity contribution in [3.05, 3.63) is 62.0 Å². The SMILES string of the molecule is CCN(Cc1ccc(Cl)cc1Cl)C(=O)c1cc(OC)ccc1Br. The van der Waals surface area contributed by atoms with Gasteiger partial charge in [-0.05, 0) is 58.7 Å². The van der Waals surface area contributed by atoms with Crippen molar-refractivity contribution in [1.29, 1.82) is 0 Å². The Balaban J connectivity index is 2.28. The molecule has 0 heterocycles. The first kappa shape index (κ1) is 18.1. The lowest BCUT2D eigenvalue weighted by Crippen LogP contribution is -2.30. The molecule has 0 aliphatic heterocycles. The number of hydrogen-bond donors (Lipinski definition) is 0. The van der Waals surface area contributed by atoms with Gasteiger partial charge in [-0.3, -0.25) is 4.79 Å². The van der Waals surface area contributed by atoms with Crippen LogP contribution < -0.4 is 4.74 Å². The quantitative estimate of drug-likeness (QED) is 0.650. The van der Waals surface area contributed by atoms with Crippen LogP contribution in [0, 0.1) is 0 Å². The van der Waals surface area contributed by atoms with Crippen LogP contribution in [0.1, 0.15) is 22.8 Å². The zero-order chi connectivity index (χ0) is 17.0. The van der Waals surface area contributed by atoms with Crippen LogP contribution in [-0.2, 0) is 6.54 Å². The molecule has 0 saturated heterocycles. The fraction of sp³-hybridized carbons (Fsp3) is 0.235. The molecule has 6 heteroatoms. The Hall–Kier alpha value is -1.23. The van der Waals surface area contributed by atoms with Crippen LogP contribution >= 0.6 is 39.1 Å². The molecule has 0 fully saturated rings. The summed E-state index contributed by atoms with van der Waals surface area (Å²) in [5, 5.41) is 1.12. The molecule has 2 rings (SSSR count). The van der Waals surface area contributed by atoms with Crippen molar-refractivity contribution in [3.8, 4) is 5.75 Å². The minimum atomic E-state index is -0.0932. The maximum Gasteiger partial charge on any atom is 0.255 e. The van der Waals surface area contributed by atoms with Crippen molar-refractivity contribution in [3.63, 3.8) is 0 Å². The van der Waals surface area contributed by atoms with Gasteiger partial charge in [0.1, 0.15) is 5.75 Å². The van der Waals surface area contributed by atoms with Gasteiger partial charge in [0.15, 0.2) is 0 Å². The first-order chi connectivity index (χ1) is 11.0. The van der Waals surface area contributed by atoms with Gasteiger partial charge in [-0.2, -0.15) is 0 Å². The number of methoxy groups -OCH3 is 1. The minimum Gasteiger partial charge on any atom is -0.497 e. The highest BCUT2D eigenvalue weighted by Crippen LogP contribution is 2.26. The summed E-state index contributed by atoms with van der Waals surface area (Å²) in [6, 6.07) is 10.6. The van der Waals surface area contributed by atoms with Crippen LogP contribution in [0.2, 0.25) is 10.0 Å². The number of ether oxygens (including phenoxy) is 1. The standard InChI is InChI=1S/C17H16BrCl2NO2/c1-3-21(10-11-4-5-12(19)8-16(11)20)17(22)14-9-13(23-2)6-7-15(14)18/h4-9H,3,10H2,1-2H3. The molecule has 23 heavy (non-hydrogen) atoms. The Kier molecular flexibility index (Phi) is 6.33. The van der Waals surface area contributed by atoms with Crippen molar-refractivity contribution in [1.82, 2.24) is 4.90 Å². The molecule has 0 aliphatic carbocycles. The molecule has 2 aromatic carbocycles. The van der Waals surface area contributed by atoms with Crippen molar-refractivity contribution in [2.75, 3.05) is 13.7 Å². The average molecular weight is 417 g/mol. The lowest BCUT2D eigenvalue weighted by atomic mass is 10.1. The molecule has 0 N–H and O–H groups in total. The van der Waals surface area contributed by atoms with Gasteiger partial charge in [0.25, 0.3) is 5.91 Å². The van der Waals surface area contributed by atoms with Crippen molar-refractivity contribution in [2.45, 2.75) is 13.5 Å². The van der Waals surface area contributed by atoms with E-state index in [1.54, 1.807) is 42.3 Å². The summed E-state index contributed by atoms with van der Waals surface area (Å²) in [6.45, 7) is 2.90. The summed E-state index contributed by atoms with van der Waals surface area (Å²) < 4.78 is 5.92. The smallest absolute Gasteiger partial charge is 0.255 e. The van der Waals surface area contributed by atoms with Crippen molar-refractivity contribution >= 4 is 45.0 Å². The number of amides is 1. The monoisotopic (exact) mass is 415 g/mol. The highest BCUT2D eigenvalue weighted by Gasteiger charge is 2.19. The van der Waals surface area contributed by atoms with Crippen LogP contribution in [0.4, 0.5) is 0 Å². The second-order valence-electron chi connectivity index (χ2n) is 4.90. The molecule has 0 spiro atoms. The molecule has 3 nitrogen and oxygen atoms in total. The van der Waals surface area contributed by atoms with Gasteiger partial charge in [-0.25, -0.2) is 0 Å². The van der Waals surface area contributed by atoms with Gasteiger partial charge in [0.05, 0.1) is 12.7 Å². The zero-order valence-corrected chi connectivity index (χ0v) is 15.9. The highest BCUT2D eigenvalue weighted by molar-refractivity contribution is 9.10. The summed E-state index contributed by atoms with van der Waals surface area (Å²) in [5.41, 5.74) is 1.40. The molecule has 2 aromatic rings. The number of hydrogen-bond acceptors (Lipinski definition) is 2. The summed E-state index contributed by atoms with van der Waals surface area (Å²) in [7, 11) is 1.57. The van der Waals surface area contributed by atoms with Gasteiger partial charge in [-0.15, -0.1) is 0 Å². The fourth-order valence-electron chi connectivity index (χ4n) is 2.15. The normalized spacial score (nSPS) is 10.5. The Morgan fingerprint density at radius 3 is 2.57 bits per heavy atom. The molecule has 0 radical (unpaired) electrons. The predicted molar refractivity (Wildman–Crippen MR) is 97.6 cm³/mol. The molecule has 0 aromatic heterocycles.